The van der Waals surface area contributed by atoms with E-state index in [9.17, 15) is 4.79 Å². The van der Waals surface area contributed by atoms with Gasteiger partial charge < -0.3 is 5.32 Å². The molecule has 1 fully saturated rings. The number of benzene rings is 1. The normalized spacial score (nSPS) is 22.9. The first-order valence-corrected chi connectivity index (χ1v) is 11.6. The quantitative estimate of drug-likeness (QED) is 0.660. The number of anilines is 1. The van der Waals surface area contributed by atoms with Crippen LogP contribution in [0, 0.1) is 5.41 Å². The van der Waals surface area contributed by atoms with Crippen LogP contribution in [0.4, 0.5) is 5.82 Å². The molecule has 5 heteroatoms. The Balaban J connectivity index is 1.63. The third kappa shape index (κ3) is 3.61. The fourth-order valence-electron chi connectivity index (χ4n) is 4.73. The second-order valence-corrected chi connectivity index (χ2v) is 10.2. The first kappa shape index (κ1) is 19.6. The Bertz CT molecular complexity index is 837. The van der Waals surface area contributed by atoms with Gasteiger partial charge in [0.05, 0.1) is 23.3 Å². The number of nitrogens with zero attached hydrogens (tertiary/aromatic N) is 2. The molecular weight excluding hydrogens is 366 g/mol. The van der Waals surface area contributed by atoms with Gasteiger partial charge >= 0.3 is 0 Å². The van der Waals surface area contributed by atoms with Crippen LogP contribution in [-0.4, -0.2) is 27.1 Å². The van der Waals surface area contributed by atoms with Gasteiger partial charge in [-0.3, -0.25) is 4.79 Å². The van der Waals surface area contributed by atoms with Gasteiger partial charge in [-0.2, -0.15) is 16.9 Å². The van der Waals surface area contributed by atoms with E-state index in [1.54, 1.807) is 6.20 Å². The van der Waals surface area contributed by atoms with Crippen molar-refractivity contribution >= 4 is 23.4 Å². The number of ketones is 1. The summed E-state index contributed by atoms with van der Waals surface area (Å²) in [5.74, 6) is 3.49. The highest BCUT2D eigenvalue weighted by atomic mass is 32.2. The lowest BCUT2D eigenvalue weighted by Gasteiger charge is -2.39. The Kier molecular flexibility index (Phi) is 5.30. The van der Waals surface area contributed by atoms with Crippen LogP contribution in [0.2, 0.25) is 0 Å². The largest absolute Gasteiger partial charge is 0.363 e. The summed E-state index contributed by atoms with van der Waals surface area (Å²) in [6, 6.07) is 10.7. The molecule has 0 bridgehead atoms. The van der Waals surface area contributed by atoms with Crippen molar-refractivity contribution in [2.24, 2.45) is 5.41 Å². The van der Waals surface area contributed by atoms with Gasteiger partial charge in [0, 0.05) is 6.42 Å². The molecule has 1 atom stereocenters. The smallest absolute Gasteiger partial charge is 0.168 e. The van der Waals surface area contributed by atoms with Crippen molar-refractivity contribution in [1.82, 2.24) is 9.78 Å². The SMILES string of the molecule is CCC1(CC(=O)c2cnn3c2NC(c2ccccc2)CC3(C)C)CCSCC1. The first-order chi connectivity index (χ1) is 13.4. The van der Waals surface area contributed by atoms with Crippen molar-refractivity contribution in [3.8, 4) is 0 Å². The minimum atomic E-state index is -0.135. The topological polar surface area (TPSA) is 46.9 Å². The molecule has 4 nitrogen and oxygen atoms in total. The zero-order valence-corrected chi connectivity index (χ0v) is 18.0. The number of hydrogen-bond donors (Lipinski definition) is 1. The van der Waals surface area contributed by atoms with E-state index < -0.39 is 0 Å². The van der Waals surface area contributed by atoms with Crippen molar-refractivity contribution in [3.63, 3.8) is 0 Å². The molecule has 1 aromatic carbocycles. The summed E-state index contributed by atoms with van der Waals surface area (Å²) in [5.41, 5.74) is 2.06. The molecule has 150 valence electrons. The maximum Gasteiger partial charge on any atom is 0.168 e. The van der Waals surface area contributed by atoms with E-state index in [0.717, 1.165) is 37.1 Å². The Labute approximate surface area is 172 Å². The minimum absolute atomic E-state index is 0.135. The fraction of sp³-hybridized carbons (Fsp3) is 0.565. The Hall–Kier alpha value is -1.75. The molecule has 28 heavy (non-hydrogen) atoms. The Morgan fingerprint density at radius 3 is 2.64 bits per heavy atom. The molecule has 4 rings (SSSR count). The van der Waals surface area contributed by atoms with Crippen molar-refractivity contribution in [3.05, 3.63) is 47.7 Å². The van der Waals surface area contributed by atoms with Crippen LogP contribution < -0.4 is 5.32 Å². The molecule has 0 aliphatic carbocycles. The maximum absolute atomic E-state index is 13.4. The summed E-state index contributed by atoms with van der Waals surface area (Å²) in [6.07, 6.45) is 6.75. The second-order valence-electron chi connectivity index (χ2n) is 9.01. The number of fused-ring (bicyclic) bond motifs is 1. The molecule has 2 aromatic rings. The van der Waals surface area contributed by atoms with Crippen LogP contribution in [0.15, 0.2) is 36.5 Å². The summed E-state index contributed by atoms with van der Waals surface area (Å²) in [6.45, 7) is 6.66. The standard InChI is InChI=1S/C23H31N3OS/c1-4-23(10-12-28-13-11-23)15-20(27)18-16-24-26-21(18)25-19(14-22(26,2)3)17-8-6-5-7-9-17/h5-9,16,19,25H,4,10-15H2,1-3H3. The lowest BCUT2D eigenvalue weighted by molar-refractivity contribution is 0.0893. The van der Waals surface area contributed by atoms with E-state index in [2.05, 4.69) is 55.5 Å². The molecule has 1 saturated heterocycles. The highest BCUT2D eigenvalue weighted by molar-refractivity contribution is 7.99. The van der Waals surface area contributed by atoms with Crippen LogP contribution in [-0.2, 0) is 5.54 Å². The van der Waals surface area contributed by atoms with Gasteiger partial charge in [-0.25, -0.2) is 4.68 Å². The van der Waals surface area contributed by atoms with E-state index in [-0.39, 0.29) is 22.8 Å². The predicted molar refractivity (Wildman–Crippen MR) is 117 cm³/mol. The molecule has 1 unspecified atom stereocenters. The number of nitrogens with one attached hydrogen (secondary N) is 1. The average Bonchev–Trinajstić information content (AvgIpc) is 3.14. The highest BCUT2D eigenvalue weighted by Crippen LogP contribution is 2.44. The fourth-order valence-corrected chi connectivity index (χ4v) is 6.09. The average molecular weight is 398 g/mol. The molecule has 1 N–H and O–H groups in total. The van der Waals surface area contributed by atoms with E-state index in [1.165, 1.54) is 17.1 Å². The summed E-state index contributed by atoms with van der Waals surface area (Å²) in [5, 5.41) is 8.27. The van der Waals surface area contributed by atoms with Gasteiger partial charge in [-0.1, -0.05) is 37.3 Å². The number of carbonyl (C=O) groups excluding carboxylic acids is 1. The van der Waals surface area contributed by atoms with Crippen LogP contribution in [0.5, 0.6) is 0 Å². The zero-order valence-electron chi connectivity index (χ0n) is 17.2. The summed E-state index contributed by atoms with van der Waals surface area (Å²) >= 11 is 2.02. The van der Waals surface area contributed by atoms with Crippen LogP contribution in [0.3, 0.4) is 0 Å². The highest BCUT2D eigenvalue weighted by Gasteiger charge is 2.38. The molecule has 0 saturated carbocycles. The van der Waals surface area contributed by atoms with Crippen molar-refractivity contribution in [2.45, 2.75) is 64.5 Å². The van der Waals surface area contributed by atoms with Crippen LogP contribution in [0.25, 0.3) is 0 Å². The van der Waals surface area contributed by atoms with Crippen molar-refractivity contribution < 1.29 is 4.79 Å². The molecule has 0 amide bonds. The lowest BCUT2D eigenvalue weighted by atomic mass is 9.74. The number of aromatic nitrogens is 2. The lowest BCUT2D eigenvalue weighted by Crippen LogP contribution is -2.38. The van der Waals surface area contributed by atoms with Gasteiger partial charge in [0.1, 0.15) is 5.82 Å². The molecule has 0 spiro atoms. The second kappa shape index (κ2) is 7.58. The number of thioether (sulfide) groups is 1. The maximum atomic E-state index is 13.4. The Morgan fingerprint density at radius 1 is 1.25 bits per heavy atom. The third-order valence-corrected chi connectivity index (χ3v) is 7.68. The van der Waals surface area contributed by atoms with E-state index in [0.29, 0.717) is 6.42 Å². The number of carbonyl (C=O) groups is 1. The molecule has 2 aliphatic rings. The zero-order chi connectivity index (χ0) is 19.8. The molecule has 0 radical (unpaired) electrons. The minimum Gasteiger partial charge on any atom is -0.363 e. The number of Topliss-reactive ketones (excluding diaryl/α,β-unsaturated/α-hetero) is 1. The van der Waals surface area contributed by atoms with E-state index >= 15 is 0 Å². The van der Waals surface area contributed by atoms with E-state index in [4.69, 9.17) is 0 Å². The van der Waals surface area contributed by atoms with Gasteiger partial charge in [0.2, 0.25) is 0 Å². The number of rotatable bonds is 5. The monoisotopic (exact) mass is 397 g/mol. The first-order valence-electron chi connectivity index (χ1n) is 10.5. The Morgan fingerprint density at radius 2 is 1.96 bits per heavy atom. The molecule has 3 heterocycles. The third-order valence-electron chi connectivity index (χ3n) is 6.70. The van der Waals surface area contributed by atoms with Crippen LogP contribution in [0.1, 0.15) is 74.8 Å². The van der Waals surface area contributed by atoms with Gasteiger partial charge in [0.15, 0.2) is 5.78 Å². The van der Waals surface area contributed by atoms with Crippen molar-refractivity contribution in [2.75, 3.05) is 16.8 Å². The van der Waals surface area contributed by atoms with Gasteiger partial charge in [-0.05, 0) is 62.0 Å². The summed E-state index contributed by atoms with van der Waals surface area (Å²) in [4.78, 5) is 13.4. The summed E-state index contributed by atoms with van der Waals surface area (Å²) in [7, 11) is 0. The van der Waals surface area contributed by atoms with Gasteiger partial charge in [0.25, 0.3) is 0 Å². The number of hydrogen-bond acceptors (Lipinski definition) is 4. The van der Waals surface area contributed by atoms with Crippen molar-refractivity contribution in [1.29, 1.82) is 0 Å². The van der Waals surface area contributed by atoms with Crippen LogP contribution >= 0.6 is 11.8 Å². The van der Waals surface area contributed by atoms with Gasteiger partial charge in [-0.15, -0.1) is 0 Å². The molecule has 2 aliphatic heterocycles. The van der Waals surface area contributed by atoms with E-state index in [1.807, 2.05) is 22.5 Å². The predicted octanol–water partition coefficient (Wildman–Crippen LogP) is 5.67. The molecule has 1 aromatic heterocycles. The summed E-state index contributed by atoms with van der Waals surface area (Å²) < 4.78 is 2.02. The molecular formula is C23H31N3OS.